The molecule has 0 bridgehead atoms. The van der Waals surface area contributed by atoms with Crippen LogP contribution in [0.5, 0.6) is 11.5 Å². The number of benzene rings is 2. The maximum Gasteiger partial charge on any atom is 0.256 e. The summed E-state index contributed by atoms with van der Waals surface area (Å²) in [6, 6.07) is 11.7. The van der Waals surface area contributed by atoms with E-state index < -0.39 is 17.1 Å². The Morgan fingerprint density at radius 2 is 2.03 bits per heavy atom. The minimum Gasteiger partial charge on any atom is -0.457 e. The van der Waals surface area contributed by atoms with Crippen molar-refractivity contribution in [3.8, 4) is 11.5 Å². The van der Waals surface area contributed by atoms with Gasteiger partial charge in [0.05, 0.1) is 18.8 Å². The van der Waals surface area contributed by atoms with Gasteiger partial charge in [0.25, 0.3) is 5.91 Å². The van der Waals surface area contributed by atoms with E-state index in [0.29, 0.717) is 44.3 Å². The first-order valence-corrected chi connectivity index (χ1v) is 10.3. The van der Waals surface area contributed by atoms with E-state index in [4.69, 9.17) is 15.2 Å². The molecule has 2 aliphatic rings. The van der Waals surface area contributed by atoms with Gasteiger partial charge < -0.3 is 25.2 Å². The summed E-state index contributed by atoms with van der Waals surface area (Å²) in [7, 11) is 0. The normalized spacial score (nSPS) is 23.3. The number of likely N-dealkylation sites (tertiary alicyclic amines) is 1. The lowest BCUT2D eigenvalue weighted by atomic mass is 9.76. The molecule has 0 unspecified atom stereocenters. The van der Waals surface area contributed by atoms with Crippen molar-refractivity contribution in [2.24, 2.45) is 17.1 Å². The fraction of sp³-hybridized carbons (Fsp3) is 0.435. The number of hydrogen-bond acceptors (Lipinski definition) is 5. The maximum atomic E-state index is 14.5. The Kier molecular flexibility index (Phi) is 6.04. The van der Waals surface area contributed by atoms with Crippen LogP contribution in [-0.2, 0) is 11.2 Å². The van der Waals surface area contributed by atoms with Gasteiger partial charge in [0.15, 0.2) is 0 Å². The van der Waals surface area contributed by atoms with Crippen LogP contribution in [0.25, 0.3) is 0 Å². The molecule has 0 radical (unpaired) electrons. The number of hydrogen-bond donors (Lipinski definition) is 2. The molecule has 2 aromatic rings. The highest BCUT2D eigenvalue weighted by Crippen LogP contribution is 2.41. The lowest BCUT2D eigenvalue weighted by molar-refractivity contribution is -0.0557. The first kappa shape index (κ1) is 20.8. The number of rotatable bonds is 6. The van der Waals surface area contributed by atoms with Crippen molar-refractivity contribution in [2.75, 3.05) is 39.5 Å². The van der Waals surface area contributed by atoms with Gasteiger partial charge in [-0.3, -0.25) is 4.79 Å². The van der Waals surface area contributed by atoms with E-state index >= 15 is 0 Å². The van der Waals surface area contributed by atoms with Gasteiger partial charge in [-0.1, -0.05) is 12.1 Å². The molecule has 2 heterocycles. The van der Waals surface area contributed by atoms with Crippen LogP contribution < -0.4 is 10.5 Å². The third-order valence-electron chi connectivity index (χ3n) is 6.18. The number of ether oxygens (including phenoxy) is 2. The zero-order valence-corrected chi connectivity index (χ0v) is 16.9. The third kappa shape index (κ3) is 4.05. The van der Waals surface area contributed by atoms with Crippen LogP contribution in [-0.4, -0.2) is 55.4 Å². The summed E-state index contributed by atoms with van der Waals surface area (Å²) < 4.78 is 25.9. The first-order chi connectivity index (χ1) is 14.5. The Bertz CT molecular complexity index is 905. The molecular formula is C23H27FN2O4. The summed E-state index contributed by atoms with van der Waals surface area (Å²) in [4.78, 5) is 14.7. The second kappa shape index (κ2) is 8.71. The Labute approximate surface area is 175 Å². The fourth-order valence-electron chi connectivity index (χ4n) is 4.40. The molecule has 4 rings (SSSR count). The number of fused-ring (bicyclic) bond motifs is 1. The van der Waals surface area contributed by atoms with Gasteiger partial charge >= 0.3 is 0 Å². The van der Waals surface area contributed by atoms with E-state index in [1.165, 1.54) is 18.2 Å². The van der Waals surface area contributed by atoms with Gasteiger partial charge in [0, 0.05) is 25.1 Å². The van der Waals surface area contributed by atoms with Crippen molar-refractivity contribution in [3.63, 3.8) is 0 Å². The van der Waals surface area contributed by atoms with E-state index in [0.717, 1.165) is 18.4 Å². The number of nitrogens with zero attached hydrogens (tertiary/aromatic N) is 1. The summed E-state index contributed by atoms with van der Waals surface area (Å²) in [5.74, 6) is 0.176. The molecule has 2 saturated heterocycles. The summed E-state index contributed by atoms with van der Waals surface area (Å²) in [6.07, 6.45) is 1.57. The molecule has 2 atom stereocenters. The number of nitrogens with two attached hydrogens (primary N) is 1. The minimum absolute atomic E-state index is 0.0279. The van der Waals surface area contributed by atoms with Gasteiger partial charge in [-0.2, -0.15) is 0 Å². The minimum atomic E-state index is -0.588. The Morgan fingerprint density at radius 1 is 1.27 bits per heavy atom. The number of carbonyl (C=O) groups is 1. The van der Waals surface area contributed by atoms with Crippen molar-refractivity contribution < 1.29 is 23.8 Å². The molecule has 2 aliphatic heterocycles. The van der Waals surface area contributed by atoms with E-state index in [-0.39, 0.29) is 18.1 Å². The zero-order valence-electron chi connectivity index (χ0n) is 16.9. The van der Waals surface area contributed by atoms with Crippen LogP contribution in [0.3, 0.4) is 0 Å². The highest BCUT2D eigenvalue weighted by molar-refractivity contribution is 5.95. The van der Waals surface area contributed by atoms with Gasteiger partial charge in [-0.25, -0.2) is 4.39 Å². The van der Waals surface area contributed by atoms with Crippen LogP contribution >= 0.6 is 0 Å². The Morgan fingerprint density at radius 3 is 2.73 bits per heavy atom. The Hall–Kier alpha value is -2.48. The van der Waals surface area contributed by atoms with Crippen LogP contribution in [0.4, 0.5) is 4.39 Å². The predicted octanol–water partition coefficient (Wildman–Crippen LogP) is 2.59. The monoisotopic (exact) mass is 414 g/mol. The SMILES string of the molecule is NCCc1ccc(Oc2ccc(F)c(C(=O)N3C[C@@H]4CCOC[C@]4(CO)C3)c2)cc1. The fourth-order valence-corrected chi connectivity index (χ4v) is 4.40. The van der Waals surface area contributed by atoms with E-state index in [1.807, 2.05) is 24.3 Å². The highest BCUT2D eigenvalue weighted by atomic mass is 19.1. The average Bonchev–Trinajstić information content (AvgIpc) is 3.16. The van der Waals surface area contributed by atoms with Crippen LogP contribution in [0.15, 0.2) is 42.5 Å². The van der Waals surface area contributed by atoms with Crippen LogP contribution in [0.1, 0.15) is 22.3 Å². The van der Waals surface area contributed by atoms with E-state index in [2.05, 4.69) is 0 Å². The average molecular weight is 414 g/mol. The lowest BCUT2D eigenvalue weighted by Crippen LogP contribution is -2.43. The quantitative estimate of drug-likeness (QED) is 0.759. The molecule has 3 N–H and O–H groups in total. The molecule has 2 aromatic carbocycles. The molecule has 0 aromatic heterocycles. The Balaban J connectivity index is 1.51. The van der Waals surface area contributed by atoms with Crippen molar-refractivity contribution >= 4 is 5.91 Å². The molecule has 1 amide bonds. The number of carbonyl (C=O) groups excluding carboxylic acids is 1. The molecule has 0 spiro atoms. The van der Waals surface area contributed by atoms with E-state index in [9.17, 15) is 14.3 Å². The number of amides is 1. The molecule has 160 valence electrons. The van der Waals surface area contributed by atoms with Crippen LogP contribution in [0, 0.1) is 17.2 Å². The van der Waals surface area contributed by atoms with Crippen molar-refractivity contribution in [1.29, 1.82) is 0 Å². The number of aliphatic hydroxyl groups excluding tert-OH is 1. The molecule has 0 saturated carbocycles. The zero-order chi connectivity index (χ0) is 21.1. The number of halogens is 1. The second-order valence-corrected chi connectivity index (χ2v) is 8.17. The second-order valence-electron chi connectivity index (χ2n) is 8.17. The molecule has 0 aliphatic carbocycles. The topological polar surface area (TPSA) is 85.0 Å². The van der Waals surface area contributed by atoms with Crippen molar-refractivity contribution in [3.05, 3.63) is 59.4 Å². The summed E-state index contributed by atoms with van der Waals surface area (Å²) in [5.41, 5.74) is 6.19. The standard InChI is InChI=1S/C23H27FN2O4/c24-21-6-5-19(30-18-3-1-16(2-4-18)7-9-25)11-20(21)22(28)26-12-17-8-10-29-15-23(17,13-26)14-27/h1-6,11,17,27H,7-10,12-15,25H2/t17-,23+/m0/s1. The summed E-state index contributed by atoms with van der Waals surface area (Å²) >= 11 is 0. The highest BCUT2D eigenvalue weighted by Gasteiger charge is 2.49. The molecular weight excluding hydrogens is 387 g/mol. The summed E-state index contributed by atoms with van der Waals surface area (Å²) in [6.45, 7) is 2.42. The largest absolute Gasteiger partial charge is 0.457 e. The van der Waals surface area contributed by atoms with Crippen molar-refractivity contribution in [2.45, 2.75) is 12.8 Å². The molecule has 7 heteroatoms. The molecule has 6 nitrogen and oxygen atoms in total. The van der Waals surface area contributed by atoms with Crippen LogP contribution in [0.2, 0.25) is 0 Å². The maximum absolute atomic E-state index is 14.5. The van der Waals surface area contributed by atoms with Gasteiger partial charge in [-0.15, -0.1) is 0 Å². The summed E-state index contributed by atoms with van der Waals surface area (Å²) in [5, 5.41) is 9.92. The number of aliphatic hydroxyl groups is 1. The van der Waals surface area contributed by atoms with Crippen molar-refractivity contribution in [1.82, 2.24) is 4.90 Å². The predicted molar refractivity (Wildman–Crippen MR) is 110 cm³/mol. The molecule has 2 fully saturated rings. The van der Waals surface area contributed by atoms with Gasteiger partial charge in [0.2, 0.25) is 0 Å². The lowest BCUT2D eigenvalue weighted by Gasteiger charge is -2.36. The van der Waals surface area contributed by atoms with Gasteiger partial charge in [-0.05, 0) is 61.2 Å². The van der Waals surface area contributed by atoms with E-state index in [1.54, 1.807) is 4.90 Å². The third-order valence-corrected chi connectivity index (χ3v) is 6.18. The smallest absolute Gasteiger partial charge is 0.256 e. The van der Waals surface area contributed by atoms with Gasteiger partial charge in [0.1, 0.15) is 17.3 Å². The molecule has 30 heavy (non-hydrogen) atoms. The first-order valence-electron chi connectivity index (χ1n) is 10.3.